The summed E-state index contributed by atoms with van der Waals surface area (Å²) < 4.78 is 0. The number of benzene rings is 2. The molecule has 0 saturated heterocycles. The molecule has 0 aromatic heterocycles. The number of hydrogen-bond acceptors (Lipinski definition) is 4. The number of aliphatic hydroxyl groups is 1. The zero-order valence-electron chi connectivity index (χ0n) is 21.6. The van der Waals surface area contributed by atoms with Gasteiger partial charge in [0.05, 0.1) is 6.10 Å². The maximum Gasteiger partial charge on any atom is 0.222 e. The number of hydrogen-bond donors (Lipinski definition) is 3. The summed E-state index contributed by atoms with van der Waals surface area (Å²) in [6.07, 6.45) is 2.12. The molecule has 6 nitrogen and oxygen atoms in total. The van der Waals surface area contributed by atoms with Gasteiger partial charge in [0.2, 0.25) is 11.8 Å². The maximum atomic E-state index is 12.9. The Kier molecular flexibility index (Phi) is 12.5. The number of primary amides is 1. The number of carbonyl (C=O) groups is 2. The second-order valence-corrected chi connectivity index (χ2v) is 9.47. The zero-order chi connectivity index (χ0) is 25.6. The minimum atomic E-state index is -0.783. The molecule has 1 unspecified atom stereocenters. The standard InChI is InChI=1S/C29H43N3O3/c1-4-16-32(17-5-2)28(34)15-14-25(29(30)35)26(19-24-13-9-10-22(3)18-24)27(33)21-31-20-23-11-7-6-8-12-23/h6-13,18,25-27,31,33H,4-5,14-17,19-21H2,1-3H3,(H2,30,35)/t25?,26-,27-/m0/s1. The SMILES string of the molecule is CCCN(CCC)C(=O)CCC(C(N)=O)[C@H](Cc1cccc(C)c1)[C@@H](O)CNCc1ccccc1. The summed E-state index contributed by atoms with van der Waals surface area (Å²) in [6.45, 7) is 8.52. The molecule has 0 heterocycles. The van der Waals surface area contributed by atoms with E-state index in [0.717, 1.165) is 29.5 Å². The molecular formula is C29H43N3O3. The average molecular weight is 482 g/mol. The van der Waals surface area contributed by atoms with Gasteiger partial charge < -0.3 is 21.1 Å². The van der Waals surface area contributed by atoms with Crippen LogP contribution in [0.2, 0.25) is 0 Å². The van der Waals surface area contributed by atoms with E-state index in [0.29, 0.717) is 39.0 Å². The molecule has 0 radical (unpaired) electrons. The first kappa shape index (κ1) is 28.5. The molecule has 0 bridgehead atoms. The van der Waals surface area contributed by atoms with Gasteiger partial charge in [-0.05, 0) is 43.7 Å². The lowest BCUT2D eigenvalue weighted by Gasteiger charge is -2.30. The molecule has 192 valence electrons. The molecule has 0 aliphatic carbocycles. The van der Waals surface area contributed by atoms with Crippen LogP contribution >= 0.6 is 0 Å². The van der Waals surface area contributed by atoms with E-state index in [1.165, 1.54) is 0 Å². The molecule has 3 atom stereocenters. The van der Waals surface area contributed by atoms with Crippen LogP contribution in [-0.2, 0) is 22.6 Å². The van der Waals surface area contributed by atoms with E-state index >= 15 is 0 Å². The zero-order valence-corrected chi connectivity index (χ0v) is 21.6. The van der Waals surface area contributed by atoms with Gasteiger partial charge in [-0.15, -0.1) is 0 Å². The number of nitrogens with one attached hydrogen (secondary N) is 1. The van der Waals surface area contributed by atoms with Crippen molar-refractivity contribution >= 4 is 11.8 Å². The molecule has 2 amide bonds. The van der Waals surface area contributed by atoms with Gasteiger partial charge in [-0.1, -0.05) is 74.0 Å². The predicted molar refractivity (Wildman–Crippen MR) is 142 cm³/mol. The highest BCUT2D eigenvalue weighted by Crippen LogP contribution is 2.26. The second kappa shape index (κ2) is 15.3. The fourth-order valence-corrected chi connectivity index (χ4v) is 4.67. The van der Waals surface area contributed by atoms with Crippen LogP contribution in [0.1, 0.15) is 56.2 Å². The molecular weight excluding hydrogens is 438 g/mol. The number of amides is 2. The van der Waals surface area contributed by atoms with Crippen LogP contribution in [0.4, 0.5) is 0 Å². The van der Waals surface area contributed by atoms with Gasteiger partial charge in [0.25, 0.3) is 0 Å². The van der Waals surface area contributed by atoms with Gasteiger partial charge in [-0.2, -0.15) is 0 Å². The Bertz CT molecular complexity index is 897. The van der Waals surface area contributed by atoms with Crippen LogP contribution in [0.3, 0.4) is 0 Å². The van der Waals surface area contributed by atoms with Crippen molar-refractivity contribution in [2.24, 2.45) is 17.6 Å². The topological polar surface area (TPSA) is 95.7 Å². The van der Waals surface area contributed by atoms with Crippen molar-refractivity contribution in [3.8, 4) is 0 Å². The molecule has 4 N–H and O–H groups in total. The van der Waals surface area contributed by atoms with Gasteiger partial charge in [-0.3, -0.25) is 9.59 Å². The summed E-state index contributed by atoms with van der Waals surface area (Å²) in [7, 11) is 0. The number of nitrogens with zero attached hydrogens (tertiary/aromatic N) is 1. The smallest absolute Gasteiger partial charge is 0.222 e. The van der Waals surface area contributed by atoms with Crippen molar-refractivity contribution in [2.45, 2.75) is 65.5 Å². The first-order valence-corrected chi connectivity index (χ1v) is 12.9. The lowest BCUT2D eigenvalue weighted by atomic mass is 9.79. The molecule has 35 heavy (non-hydrogen) atoms. The lowest BCUT2D eigenvalue weighted by Crippen LogP contribution is -2.43. The van der Waals surface area contributed by atoms with Crippen LogP contribution in [0.25, 0.3) is 0 Å². The van der Waals surface area contributed by atoms with Gasteiger partial charge in [0, 0.05) is 44.4 Å². The average Bonchev–Trinajstić information content (AvgIpc) is 2.83. The monoisotopic (exact) mass is 481 g/mol. The minimum Gasteiger partial charge on any atom is -0.391 e. The molecule has 0 fully saturated rings. The van der Waals surface area contributed by atoms with E-state index in [1.54, 1.807) is 0 Å². The van der Waals surface area contributed by atoms with Crippen LogP contribution in [-0.4, -0.2) is 47.6 Å². The highest BCUT2D eigenvalue weighted by atomic mass is 16.3. The number of aliphatic hydroxyl groups excluding tert-OH is 1. The largest absolute Gasteiger partial charge is 0.391 e. The highest BCUT2D eigenvalue weighted by Gasteiger charge is 2.33. The van der Waals surface area contributed by atoms with Crippen molar-refractivity contribution in [3.05, 3.63) is 71.3 Å². The maximum absolute atomic E-state index is 12.9. The second-order valence-electron chi connectivity index (χ2n) is 9.47. The molecule has 0 saturated carbocycles. The Labute approximate surface area is 210 Å². The van der Waals surface area contributed by atoms with Crippen molar-refractivity contribution in [2.75, 3.05) is 19.6 Å². The summed E-state index contributed by atoms with van der Waals surface area (Å²) in [6, 6.07) is 18.1. The van der Waals surface area contributed by atoms with Crippen LogP contribution in [0.5, 0.6) is 0 Å². The van der Waals surface area contributed by atoms with Crippen LogP contribution in [0, 0.1) is 18.8 Å². The number of nitrogens with two attached hydrogens (primary N) is 1. The Balaban J connectivity index is 2.15. The van der Waals surface area contributed by atoms with Crippen LogP contribution < -0.4 is 11.1 Å². The van der Waals surface area contributed by atoms with Gasteiger partial charge in [0.15, 0.2) is 0 Å². The number of carbonyl (C=O) groups excluding carboxylic acids is 2. The Morgan fingerprint density at radius 1 is 1.00 bits per heavy atom. The predicted octanol–water partition coefficient (Wildman–Crippen LogP) is 3.83. The Morgan fingerprint density at radius 2 is 1.66 bits per heavy atom. The summed E-state index contributed by atoms with van der Waals surface area (Å²) >= 11 is 0. The molecule has 0 aliphatic heterocycles. The highest BCUT2D eigenvalue weighted by molar-refractivity contribution is 5.80. The van der Waals surface area contributed by atoms with Crippen molar-refractivity contribution < 1.29 is 14.7 Å². The van der Waals surface area contributed by atoms with E-state index in [1.807, 2.05) is 60.4 Å². The fraction of sp³-hybridized carbons (Fsp3) is 0.517. The number of rotatable bonds is 16. The molecule has 6 heteroatoms. The molecule has 0 aliphatic rings. The van der Waals surface area contributed by atoms with Gasteiger partial charge >= 0.3 is 0 Å². The molecule has 2 aromatic carbocycles. The van der Waals surface area contributed by atoms with Gasteiger partial charge in [0.1, 0.15) is 0 Å². The lowest BCUT2D eigenvalue weighted by molar-refractivity contribution is -0.132. The normalized spacial score (nSPS) is 13.7. The van der Waals surface area contributed by atoms with E-state index in [2.05, 4.69) is 25.2 Å². The first-order valence-electron chi connectivity index (χ1n) is 12.9. The summed E-state index contributed by atoms with van der Waals surface area (Å²) in [5.74, 6) is -1.41. The Morgan fingerprint density at radius 3 is 2.26 bits per heavy atom. The molecule has 2 aromatic rings. The van der Waals surface area contributed by atoms with Crippen molar-refractivity contribution in [3.63, 3.8) is 0 Å². The number of aryl methyl sites for hydroxylation is 1. The summed E-state index contributed by atoms with van der Waals surface area (Å²) in [5, 5.41) is 14.5. The third kappa shape index (κ3) is 9.82. The van der Waals surface area contributed by atoms with Gasteiger partial charge in [-0.25, -0.2) is 0 Å². The quantitative estimate of drug-likeness (QED) is 0.339. The van der Waals surface area contributed by atoms with Crippen LogP contribution in [0.15, 0.2) is 54.6 Å². The fourth-order valence-electron chi connectivity index (χ4n) is 4.67. The first-order chi connectivity index (χ1) is 16.8. The third-order valence-corrected chi connectivity index (χ3v) is 6.46. The Hall–Kier alpha value is -2.70. The molecule has 0 spiro atoms. The van der Waals surface area contributed by atoms with E-state index in [4.69, 9.17) is 5.73 Å². The van der Waals surface area contributed by atoms with E-state index in [9.17, 15) is 14.7 Å². The molecule has 2 rings (SSSR count). The van der Waals surface area contributed by atoms with Crippen molar-refractivity contribution in [1.82, 2.24) is 10.2 Å². The van der Waals surface area contributed by atoms with Crippen molar-refractivity contribution in [1.29, 1.82) is 0 Å². The third-order valence-electron chi connectivity index (χ3n) is 6.46. The van der Waals surface area contributed by atoms with E-state index < -0.39 is 23.8 Å². The van der Waals surface area contributed by atoms with E-state index in [-0.39, 0.29) is 12.3 Å². The minimum absolute atomic E-state index is 0.0472. The summed E-state index contributed by atoms with van der Waals surface area (Å²) in [5.41, 5.74) is 9.16. The summed E-state index contributed by atoms with van der Waals surface area (Å²) in [4.78, 5) is 27.3.